The van der Waals surface area contributed by atoms with E-state index >= 15 is 0 Å². The Hall–Kier alpha value is -1.95. The summed E-state index contributed by atoms with van der Waals surface area (Å²) in [5.74, 6) is -0.938. The van der Waals surface area contributed by atoms with Crippen LogP contribution in [0.25, 0.3) is 0 Å². The number of aliphatic carboxylic acids is 1. The Morgan fingerprint density at radius 1 is 1.42 bits per heavy atom. The average Bonchev–Trinajstić information content (AvgIpc) is 2.71. The summed E-state index contributed by atoms with van der Waals surface area (Å²) in [5, 5.41) is 19.6. The van der Waals surface area contributed by atoms with E-state index in [0.717, 1.165) is 12.1 Å². The van der Waals surface area contributed by atoms with E-state index in [-0.39, 0.29) is 17.5 Å². The number of carboxylic acids is 1. The van der Waals surface area contributed by atoms with Gasteiger partial charge in [0.15, 0.2) is 0 Å². The Morgan fingerprint density at radius 2 is 2.05 bits per heavy atom. The van der Waals surface area contributed by atoms with Crippen LogP contribution in [0.1, 0.15) is 12.5 Å². The molecule has 1 N–H and O–H groups in total. The molecule has 6 heteroatoms. The third-order valence-corrected chi connectivity index (χ3v) is 3.56. The molecular formula is C13H16N2O4. The summed E-state index contributed by atoms with van der Waals surface area (Å²) in [6, 6.07) is 6.39. The van der Waals surface area contributed by atoms with E-state index in [1.165, 1.54) is 12.1 Å². The molecule has 1 aromatic carbocycles. The zero-order valence-electron chi connectivity index (χ0n) is 10.7. The van der Waals surface area contributed by atoms with Crippen molar-refractivity contribution in [1.29, 1.82) is 0 Å². The van der Waals surface area contributed by atoms with Gasteiger partial charge in [-0.3, -0.25) is 19.8 Å². The number of likely N-dealkylation sites (tertiary alicyclic amines) is 1. The normalized spacial score (nSPS) is 23.4. The lowest BCUT2D eigenvalue weighted by Gasteiger charge is -2.14. The molecule has 19 heavy (non-hydrogen) atoms. The Bertz CT molecular complexity index is 486. The van der Waals surface area contributed by atoms with Gasteiger partial charge in [0.1, 0.15) is 0 Å². The lowest BCUT2D eigenvalue weighted by Crippen LogP contribution is -2.23. The van der Waals surface area contributed by atoms with Gasteiger partial charge in [-0.25, -0.2) is 0 Å². The van der Waals surface area contributed by atoms with E-state index in [9.17, 15) is 14.9 Å². The van der Waals surface area contributed by atoms with Crippen LogP contribution in [0, 0.1) is 22.0 Å². The van der Waals surface area contributed by atoms with Gasteiger partial charge < -0.3 is 5.11 Å². The topological polar surface area (TPSA) is 83.7 Å². The van der Waals surface area contributed by atoms with Gasteiger partial charge >= 0.3 is 5.97 Å². The zero-order chi connectivity index (χ0) is 14.0. The number of nitrogens with zero attached hydrogens (tertiary/aromatic N) is 2. The number of nitro groups is 1. The molecule has 0 aromatic heterocycles. The fraction of sp³-hybridized carbons (Fsp3) is 0.462. The van der Waals surface area contributed by atoms with Gasteiger partial charge in [0.2, 0.25) is 0 Å². The van der Waals surface area contributed by atoms with Crippen LogP contribution < -0.4 is 0 Å². The van der Waals surface area contributed by atoms with Crippen molar-refractivity contribution in [2.45, 2.75) is 13.5 Å². The minimum absolute atomic E-state index is 0.0713. The molecule has 1 fully saturated rings. The third-order valence-electron chi connectivity index (χ3n) is 3.56. The highest BCUT2D eigenvalue weighted by molar-refractivity contribution is 5.71. The highest BCUT2D eigenvalue weighted by atomic mass is 16.6. The van der Waals surface area contributed by atoms with Gasteiger partial charge in [-0.05, 0) is 11.5 Å². The van der Waals surface area contributed by atoms with Crippen LogP contribution >= 0.6 is 0 Å². The van der Waals surface area contributed by atoms with E-state index in [1.54, 1.807) is 12.1 Å². The van der Waals surface area contributed by atoms with Crippen LogP contribution in [0.2, 0.25) is 0 Å². The molecule has 0 radical (unpaired) electrons. The van der Waals surface area contributed by atoms with Gasteiger partial charge in [-0.2, -0.15) is 0 Å². The first kappa shape index (κ1) is 13.5. The van der Waals surface area contributed by atoms with E-state index in [2.05, 4.69) is 4.90 Å². The van der Waals surface area contributed by atoms with Gasteiger partial charge in [-0.1, -0.05) is 19.1 Å². The van der Waals surface area contributed by atoms with Crippen LogP contribution in [0.3, 0.4) is 0 Å². The van der Waals surface area contributed by atoms with Crippen molar-refractivity contribution in [3.63, 3.8) is 0 Å². The molecule has 0 saturated carbocycles. The second kappa shape index (κ2) is 5.36. The van der Waals surface area contributed by atoms with Crippen molar-refractivity contribution in [3.05, 3.63) is 39.9 Å². The smallest absolute Gasteiger partial charge is 0.308 e. The number of non-ortho nitro benzene ring substituents is 1. The van der Waals surface area contributed by atoms with Crippen molar-refractivity contribution >= 4 is 11.7 Å². The highest BCUT2D eigenvalue weighted by Gasteiger charge is 2.34. The number of benzene rings is 1. The predicted octanol–water partition coefficient (Wildman–Crippen LogP) is 1.75. The molecule has 0 spiro atoms. The number of nitro benzene ring substituents is 1. The number of carbonyl (C=O) groups is 1. The number of hydrogen-bond donors (Lipinski definition) is 1. The minimum Gasteiger partial charge on any atom is -0.481 e. The molecule has 0 bridgehead atoms. The fourth-order valence-electron chi connectivity index (χ4n) is 2.50. The molecule has 1 heterocycles. The molecule has 0 unspecified atom stereocenters. The van der Waals surface area contributed by atoms with Crippen LogP contribution in [0.5, 0.6) is 0 Å². The summed E-state index contributed by atoms with van der Waals surface area (Å²) >= 11 is 0. The molecule has 102 valence electrons. The second-order valence-corrected chi connectivity index (χ2v) is 5.04. The van der Waals surface area contributed by atoms with Gasteiger partial charge in [0.05, 0.1) is 10.8 Å². The summed E-state index contributed by atoms with van der Waals surface area (Å²) in [4.78, 5) is 23.2. The summed E-state index contributed by atoms with van der Waals surface area (Å²) < 4.78 is 0. The van der Waals surface area contributed by atoms with E-state index in [0.29, 0.717) is 13.1 Å². The molecule has 2 atom stereocenters. The van der Waals surface area contributed by atoms with Gasteiger partial charge in [0, 0.05) is 31.8 Å². The highest BCUT2D eigenvalue weighted by Crippen LogP contribution is 2.25. The van der Waals surface area contributed by atoms with Crippen LogP contribution in [0.4, 0.5) is 5.69 Å². The van der Waals surface area contributed by atoms with Crippen LogP contribution in [-0.4, -0.2) is 34.0 Å². The van der Waals surface area contributed by atoms with E-state index in [1.807, 2.05) is 6.92 Å². The molecule has 2 rings (SSSR count). The summed E-state index contributed by atoms with van der Waals surface area (Å²) in [6.07, 6.45) is 0. The van der Waals surface area contributed by atoms with Crippen molar-refractivity contribution in [3.8, 4) is 0 Å². The molecule has 0 aliphatic carbocycles. The van der Waals surface area contributed by atoms with Crippen molar-refractivity contribution in [1.82, 2.24) is 4.90 Å². The Balaban J connectivity index is 1.99. The summed E-state index contributed by atoms with van der Waals surface area (Å²) in [5.41, 5.74) is 1.03. The van der Waals surface area contributed by atoms with Crippen LogP contribution in [-0.2, 0) is 11.3 Å². The quantitative estimate of drug-likeness (QED) is 0.661. The average molecular weight is 264 g/mol. The monoisotopic (exact) mass is 264 g/mol. The first-order valence-electron chi connectivity index (χ1n) is 6.16. The maximum Gasteiger partial charge on any atom is 0.308 e. The summed E-state index contributed by atoms with van der Waals surface area (Å²) in [7, 11) is 0. The Labute approximate surface area is 110 Å². The molecule has 1 aromatic rings. The van der Waals surface area contributed by atoms with Crippen molar-refractivity contribution in [2.75, 3.05) is 13.1 Å². The van der Waals surface area contributed by atoms with Crippen LogP contribution in [0.15, 0.2) is 24.3 Å². The standard InChI is InChI=1S/C13H16N2O4/c1-9-6-14(8-12(9)13(16)17)7-10-2-4-11(5-3-10)15(18)19/h2-5,9,12H,6-8H2,1H3,(H,16,17)/t9-,12-/m1/s1. The summed E-state index contributed by atoms with van der Waals surface area (Å²) in [6.45, 7) is 3.85. The molecule has 1 saturated heterocycles. The largest absolute Gasteiger partial charge is 0.481 e. The van der Waals surface area contributed by atoms with Crippen molar-refractivity contribution in [2.24, 2.45) is 11.8 Å². The van der Waals surface area contributed by atoms with Gasteiger partial charge in [-0.15, -0.1) is 0 Å². The molecular weight excluding hydrogens is 248 g/mol. The second-order valence-electron chi connectivity index (χ2n) is 5.04. The Morgan fingerprint density at radius 3 is 2.53 bits per heavy atom. The molecule has 0 amide bonds. The number of carboxylic acid groups (broad SMARTS) is 1. The lowest BCUT2D eigenvalue weighted by atomic mass is 9.99. The minimum atomic E-state index is -0.751. The zero-order valence-corrected chi connectivity index (χ0v) is 10.7. The van der Waals surface area contributed by atoms with E-state index in [4.69, 9.17) is 5.11 Å². The maximum absolute atomic E-state index is 11.0. The number of hydrogen-bond acceptors (Lipinski definition) is 4. The maximum atomic E-state index is 11.0. The molecule has 6 nitrogen and oxygen atoms in total. The SMILES string of the molecule is C[C@@H]1CN(Cc2ccc([N+](=O)[O-])cc2)C[C@H]1C(=O)O. The first-order chi connectivity index (χ1) is 8.97. The number of rotatable bonds is 4. The van der Waals surface area contributed by atoms with Crippen molar-refractivity contribution < 1.29 is 14.8 Å². The Kier molecular flexibility index (Phi) is 3.80. The molecule has 1 aliphatic heterocycles. The van der Waals surface area contributed by atoms with Gasteiger partial charge in [0.25, 0.3) is 5.69 Å². The fourth-order valence-corrected chi connectivity index (χ4v) is 2.50. The predicted molar refractivity (Wildman–Crippen MR) is 68.7 cm³/mol. The molecule has 1 aliphatic rings. The first-order valence-corrected chi connectivity index (χ1v) is 6.16. The third kappa shape index (κ3) is 3.08. The van der Waals surface area contributed by atoms with E-state index < -0.39 is 10.9 Å². The lowest BCUT2D eigenvalue weighted by molar-refractivity contribution is -0.384.